The summed E-state index contributed by atoms with van der Waals surface area (Å²) < 4.78 is 26.4. The molecule has 0 saturated heterocycles. The summed E-state index contributed by atoms with van der Waals surface area (Å²) >= 11 is 0. The van der Waals surface area contributed by atoms with Crippen molar-refractivity contribution in [3.63, 3.8) is 0 Å². The fourth-order valence-electron chi connectivity index (χ4n) is 2.60. The average molecular weight is 384 g/mol. The molecule has 0 aromatic heterocycles. The molecule has 7 heteroatoms. The third-order valence-corrected chi connectivity index (χ3v) is 5.86. The van der Waals surface area contributed by atoms with Crippen molar-refractivity contribution in [3.05, 3.63) is 78.4 Å². The lowest BCUT2D eigenvalue weighted by Gasteiger charge is -2.17. The standard InChI is InChI=1S/C20H20N2O4S/c1-22(14-20(23)21-26-15-16-7-3-2-4-8-16)27(24,25)19-12-11-17-9-5-6-10-18(17)13-19/h2-13H,14-15H2,1H3,(H,21,23). The molecule has 0 unspecified atom stereocenters. The topological polar surface area (TPSA) is 75.7 Å². The molecule has 0 aliphatic carbocycles. The van der Waals surface area contributed by atoms with E-state index in [1.807, 2.05) is 54.6 Å². The van der Waals surface area contributed by atoms with E-state index in [1.165, 1.54) is 13.1 Å². The molecular weight excluding hydrogens is 364 g/mol. The number of sulfonamides is 1. The van der Waals surface area contributed by atoms with Gasteiger partial charge in [-0.2, -0.15) is 4.31 Å². The molecule has 0 saturated carbocycles. The first kappa shape index (κ1) is 19.0. The number of carbonyl (C=O) groups is 1. The van der Waals surface area contributed by atoms with Crippen LogP contribution in [-0.2, 0) is 26.3 Å². The van der Waals surface area contributed by atoms with Crippen LogP contribution in [0.25, 0.3) is 10.8 Å². The van der Waals surface area contributed by atoms with Crippen LogP contribution in [0.2, 0.25) is 0 Å². The molecule has 0 fully saturated rings. The number of hydrogen-bond donors (Lipinski definition) is 1. The van der Waals surface area contributed by atoms with Crippen LogP contribution in [0.3, 0.4) is 0 Å². The minimum atomic E-state index is -3.79. The summed E-state index contributed by atoms with van der Waals surface area (Å²) in [5, 5.41) is 1.77. The molecule has 27 heavy (non-hydrogen) atoms. The van der Waals surface area contributed by atoms with Crippen LogP contribution in [0.15, 0.2) is 77.7 Å². The quantitative estimate of drug-likeness (QED) is 0.636. The largest absolute Gasteiger partial charge is 0.271 e. The number of likely N-dealkylation sites (N-methyl/N-ethyl adjacent to an activating group) is 1. The van der Waals surface area contributed by atoms with Crippen LogP contribution in [0.1, 0.15) is 5.56 Å². The Bertz CT molecular complexity index is 1040. The van der Waals surface area contributed by atoms with Crippen LogP contribution in [0.4, 0.5) is 0 Å². The van der Waals surface area contributed by atoms with Crippen LogP contribution in [-0.4, -0.2) is 32.2 Å². The fourth-order valence-corrected chi connectivity index (χ4v) is 3.76. The maximum absolute atomic E-state index is 12.7. The predicted octanol–water partition coefficient (Wildman–Crippen LogP) is 2.71. The molecule has 3 rings (SSSR count). The fraction of sp³-hybridized carbons (Fsp3) is 0.150. The Balaban J connectivity index is 1.61. The lowest BCUT2D eigenvalue weighted by Crippen LogP contribution is -2.38. The Morgan fingerprint density at radius 3 is 2.37 bits per heavy atom. The van der Waals surface area contributed by atoms with Crippen LogP contribution in [0.5, 0.6) is 0 Å². The zero-order chi connectivity index (χ0) is 19.3. The highest BCUT2D eigenvalue weighted by atomic mass is 32.2. The molecule has 0 aliphatic heterocycles. The van der Waals surface area contributed by atoms with Crippen LogP contribution >= 0.6 is 0 Å². The zero-order valence-corrected chi connectivity index (χ0v) is 15.6. The third kappa shape index (κ3) is 4.71. The summed E-state index contributed by atoms with van der Waals surface area (Å²) in [4.78, 5) is 17.3. The van der Waals surface area contributed by atoms with E-state index in [0.717, 1.165) is 20.6 Å². The van der Waals surface area contributed by atoms with Gasteiger partial charge in [-0.15, -0.1) is 0 Å². The first-order valence-electron chi connectivity index (χ1n) is 8.36. The van der Waals surface area contributed by atoms with E-state index in [1.54, 1.807) is 12.1 Å². The normalized spacial score (nSPS) is 11.6. The number of hydrogen-bond acceptors (Lipinski definition) is 4. The summed E-state index contributed by atoms with van der Waals surface area (Å²) in [6, 6.07) is 21.7. The van der Waals surface area contributed by atoms with Crippen LogP contribution in [0, 0.1) is 0 Å². The maximum Gasteiger partial charge on any atom is 0.258 e. The van der Waals surface area contributed by atoms with Gasteiger partial charge < -0.3 is 0 Å². The Morgan fingerprint density at radius 1 is 0.963 bits per heavy atom. The van der Waals surface area contributed by atoms with Gasteiger partial charge in [0, 0.05) is 7.05 Å². The van der Waals surface area contributed by atoms with Crippen molar-refractivity contribution in [2.45, 2.75) is 11.5 Å². The minimum absolute atomic E-state index is 0.140. The predicted molar refractivity (Wildman–Crippen MR) is 103 cm³/mol. The molecular formula is C20H20N2O4S. The van der Waals surface area contributed by atoms with Crippen molar-refractivity contribution in [1.82, 2.24) is 9.79 Å². The van der Waals surface area contributed by atoms with Crippen molar-refractivity contribution >= 4 is 26.7 Å². The third-order valence-electron chi connectivity index (χ3n) is 4.06. The number of rotatable bonds is 7. The number of fused-ring (bicyclic) bond motifs is 1. The monoisotopic (exact) mass is 384 g/mol. The molecule has 0 radical (unpaired) electrons. The smallest absolute Gasteiger partial charge is 0.258 e. The van der Waals surface area contributed by atoms with Gasteiger partial charge in [0.25, 0.3) is 5.91 Å². The Kier molecular flexibility index (Phi) is 5.85. The second-order valence-corrected chi connectivity index (χ2v) is 8.11. The Labute approximate surface area is 158 Å². The van der Waals surface area contributed by atoms with Gasteiger partial charge >= 0.3 is 0 Å². The molecule has 3 aromatic rings. The van der Waals surface area contributed by atoms with E-state index in [2.05, 4.69) is 5.48 Å². The lowest BCUT2D eigenvalue weighted by molar-refractivity contribution is -0.134. The van der Waals surface area contributed by atoms with E-state index in [-0.39, 0.29) is 18.0 Å². The molecule has 1 N–H and O–H groups in total. The van der Waals surface area contributed by atoms with E-state index >= 15 is 0 Å². The van der Waals surface area contributed by atoms with E-state index < -0.39 is 15.9 Å². The summed E-state index contributed by atoms with van der Waals surface area (Å²) in [6.45, 7) is -0.141. The molecule has 0 atom stereocenters. The molecule has 0 heterocycles. The van der Waals surface area contributed by atoms with Gasteiger partial charge in [-0.05, 0) is 28.5 Å². The van der Waals surface area contributed by atoms with Gasteiger partial charge in [0.1, 0.15) is 0 Å². The number of benzene rings is 3. The van der Waals surface area contributed by atoms with Crippen molar-refractivity contribution in [2.75, 3.05) is 13.6 Å². The molecule has 140 valence electrons. The van der Waals surface area contributed by atoms with E-state index in [0.29, 0.717) is 0 Å². The van der Waals surface area contributed by atoms with E-state index in [9.17, 15) is 13.2 Å². The number of nitrogens with one attached hydrogen (secondary N) is 1. The maximum atomic E-state index is 12.7. The first-order chi connectivity index (χ1) is 13.0. The van der Waals surface area contributed by atoms with Gasteiger partial charge in [-0.1, -0.05) is 60.7 Å². The summed E-state index contributed by atoms with van der Waals surface area (Å²) in [7, 11) is -2.42. The SMILES string of the molecule is CN(CC(=O)NOCc1ccccc1)S(=O)(=O)c1ccc2ccccc2c1. The lowest BCUT2D eigenvalue weighted by atomic mass is 10.1. The highest BCUT2D eigenvalue weighted by Gasteiger charge is 2.23. The number of amides is 1. The van der Waals surface area contributed by atoms with Crippen molar-refractivity contribution in [2.24, 2.45) is 0 Å². The van der Waals surface area contributed by atoms with Gasteiger partial charge in [0.15, 0.2) is 0 Å². The molecule has 6 nitrogen and oxygen atoms in total. The van der Waals surface area contributed by atoms with Crippen molar-refractivity contribution in [1.29, 1.82) is 0 Å². The minimum Gasteiger partial charge on any atom is -0.271 e. The van der Waals surface area contributed by atoms with Crippen LogP contribution < -0.4 is 5.48 Å². The highest BCUT2D eigenvalue weighted by molar-refractivity contribution is 7.89. The van der Waals surface area contributed by atoms with E-state index in [4.69, 9.17) is 4.84 Å². The Morgan fingerprint density at radius 2 is 1.63 bits per heavy atom. The molecule has 1 amide bonds. The van der Waals surface area contributed by atoms with Gasteiger partial charge in [0.2, 0.25) is 10.0 Å². The highest BCUT2D eigenvalue weighted by Crippen LogP contribution is 2.21. The summed E-state index contributed by atoms with van der Waals surface area (Å²) in [6.07, 6.45) is 0. The second kappa shape index (κ2) is 8.30. The van der Waals surface area contributed by atoms with Gasteiger partial charge in [0.05, 0.1) is 18.0 Å². The molecule has 0 aliphatic rings. The van der Waals surface area contributed by atoms with Crippen molar-refractivity contribution in [3.8, 4) is 0 Å². The summed E-state index contributed by atoms with van der Waals surface area (Å²) in [5.41, 5.74) is 3.17. The average Bonchev–Trinajstić information content (AvgIpc) is 2.68. The second-order valence-electron chi connectivity index (χ2n) is 6.07. The zero-order valence-electron chi connectivity index (χ0n) is 14.8. The number of nitrogens with zero attached hydrogens (tertiary/aromatic N) is 1. The number of hydroxylamine groups is 1. The summed E-state index contributed by atoms with van der Waals surface area (Å²) in [5.74, 6) is -0.544. The molecule has 3 aromatic carbocycles. The first-order valence-corrected chi connectivity index (χ1v) is 9.80. The molecule has 0 bridgehead atoms. The van der Waals surface area contributed by atoms with Gasteiger partial charge in [-0.25, -0.2) is 13.9 Å². The molecule has 0 spiro atoms. The Hall–Kier alpha value is -2.74. The van der Waals surface area contributed by atoms with Crippen molar-refractivity contribution < 1.29 is 18.0 Å². The van der Waals surface area contributed by atoms with Gasteiger partial charge in [-0.3, -0.25) is 9.63 Å². The number of carbonyl (C=O) groups excluding carboxylic acids is 1.